The first-order chi connectivity index (χ1) is 11.3. The van der Waals surface area contributed by atoms with E-state index in [-0.39, 0.29) is 29.0 Å². The summed E-state index contributed by atoms with van der Waals surface area (Å²) in [6.45, 7) is 4.34. The van der Waals surface area contributed by atoms with E-state index in [9.17, 15) is 19.8 Å². The summed E-state index contributed by atoms with van der Waals surface area (Å²) in [5.41, 5.74) is 0.753. The van der Waals surface area contributed by atoms with Crippen LogP contribution in [0.5, 0.6) is 0 Å². The van der Waals surface area contributed by atoms with E-state index in [0.29, 0.717) is 17.8 Å². The maximum absolute atomic E-state index is 11.9. The highest BCUT2D eigenvalue weighted by molar-refractivity contribution is 5.92. The second-order valence-corrected chi connectivity index (χ2v) is 9.07. The SMILES string of the molecule is C[C@]12CC[C@@H]3[C@@H](CCC4=CC(=O)CC(O)[C@@]43C)[C@@H]1CCC2C(=O)O. The predicted octanol–water partition coefficient (Wildman–Crippen LogP) is 3.19. The van der Waals surface area contributed by atoms with Gasteiger partial charge in [-0.25, -0.2) is 0 Å². The van der Waals surface area contributed by atoms with E-state index in [4.69, 9.17) is 0 Å². The van der Waals surface area contributed by atoms with Crippen molar-refractivity contribution in [3.8, 4) is 0 Å². The molecule has 3 saturated carbocycles. The Labute approximate surface area is 143 Å². The van der Waals surface area contributed by atoms with Gasteiger partial charge in [0.2, 0.25) is 0 Å². The second-order valence-electron chi connectivity index (χ2n) is 9.07. The number of aliphatic hydroxyl groups excluding tert-OH is 1. The summed E-state index contributed by atoms with van der Waals surface area (Å²) in [4.78, 5) is 23.6. The molecule has 0 radical (unpaired) electrons. The highest BCUT2D eigenvalue weighted by atomic mass is 16.4. The van der Waals surface area contributed by atoms with E-state index >= 15 is 0 Å². The van der Waals surface area contributed by atoms with Crippen molar-refractivity contribution in [2.24, 2.45) is 34.5 Å². The van der Waals surface area contributed by atoms with E-state index in [2.05, 4.69) is 13.8 Å². The van der Waals surface area contributed by atoms with Crippen LogP contribution in [-0.2, 0) is 9.59 Å². The van der Waals surface area contributed by atoms with Gasteiger partial charge in [-0.3, -0.25) is 9.59 Å². The number of carboxylic acid groups (broad SMARTS) is 1. The summed E-state index contributed by atoms with van der Waals surface area (Å²) in [7, 11) is 0. The second kappa shape index (κ2) is 5.17. The molecule has 4 rings (SSSR count). The third kappa shape index (κ3) is 1.95. The molecule has 0 bridgehead atoms. The van der Waals surface area contributed by atoms with Gasteiger partial charge >= 0.3 is 5.97 Å². The first-order valence-electron chi connectivity index (χ1n) is 9.43. The number of carbonyl (C=O) groups excluding carboxylic acids is 1. The molecule has 0 saturated heterocycles. The van der Waals surface area contributed by atoms with Crippen LogP contribution in [0.2, 0.25) is 0 Å². The van der Waals surface area contributed by atoms with Gasteiger partial charge in [0.05, 0.1) is 12.0 Å². The van der Waals surface area contributed by atoms with Crippen LogP contribution < -0.4 is 0 Å². The fraction of sp³-hybridized carbons (Fsp3) is 0.800. The van der Waals surface area contributed by atoms with E-state index in [0.717, 1.165) is 44.1 Å². The average molecular weight is 332 g/mol. The van der Waals surface area contributed by atoms with Crippen molar-refractivity contribution >= 4 is 11.8 Å². The molecule has 0 aromatic rings. The molecule has 24 heavy (non-hydrogen) atoms. The van der Waals surface area contributed by atoms with Crippen LogP contribution in [0.15, 0.2) is 11.6 Å². The first-order valence-corrected chi connectivity index (χ1v) is 9.43. The fourth-order valence-corrected chi connectivity index (χ4v) is 7.01. The molecule has 4 heteroatoms. The van der Waals surface area contributed by atoms with E-state index in [1.165, 1.54) is 0 Å². The Hall–Kier alpha value is -1.16. The van der Waals surface area contributed by atoms with Gasteiger partial charge < -0.3 is 10.2 Å². The number of carboxylic acids is 1. The van der Waals surface area contributed by atoms with Crippen LogP contribution >= 0.6 is 0 Å². The highest BCUT2D eigenvalue weighted by Gasteiger charge is 2.61. The molecule has 4 aliphatic rings. The molecule has 0 aromatic carbocycles. The number of hydrogen-bond acceptors (Lipinski definition) is 3. The van der Waals surface area contributed by atoms with Crippen molar-refractivity contribution in [1.29, 1.82) is 0 Å². The number of fused-ring (bicyclic) bond motifs is 5. The van der Waals surface area contributed by atoms with Gasteiger partial charge in [-0.2, -0.15) is 0 Å². The summed E-state index contributed by atoms with van der Waals surface area (Å²) in [6.07, 6.45) is 7.07. The van der Waals surface area contributed by atoms with Gasteiger partial charge in [-0.1, -0.05) is 19.4 Å². The van der Waals surface area contributed by atoms with Gasteiger partial charge in [0.15, 0.2) is 5.78 Å². The van der Waals surface area contributed by atoms with Crippen LogP contribution in [0.4, 0.5) is 0 Å². The van der Waals surface area contributed by atoms with Crippen LogP contribution in [-0.4, -0.2) is 28.1 Å². The van der Waals surface area contributed by atoms with Crippen molar-refractivity contribution < 1.29 is 19.8 Å². The van der Waals surface area contributed by atoms with Gasteiger partial charge in [0.1, 0.15) is 0 Å². The van der Waals surface area contributed by atoms with Crippen molar-refractivity contribution in [3.63, 3.8) is 0 Å². The highest BCUT2D eigenvalue weighted by Crippen LogP contribution is 2.66. The normalized spacial score (nSPS) is 50.5. The van der Waals surface area contributed by atoms with E-state index in [1.807, 2.05) is 0 Å². The Bertz CT molecular complexity index is 623. The zero-order chi connectivity index (χ0) is 17.3. The molecule has 0 aliphatic heterocycles. The Morgan fingerprint density at radius 1 is 1.17 bits per heavy atom. The quantitative estimate of drug-likeness (QED) is 0.773. The molecule has 2 unspecified atom stereocenters. The monoisotopic (exact) mass is 332 g/mol. The Morgan fingerprint density at radius 2 is 1.92 bits per heavy atom. The maximum atomic E-state index is 11.9. The third-order valence-corrected chi connectivity index (χ3v) is 8.37. The zero-order valence-corrected chi connectivity index (χ0v) is 14.6. The van der Waals surface area contributed by atoms with Crippen LogP contribution in [0, 0.1) is 34.5 Å². The zero-order valence-electron chi connectivity index (χ0n) is 14.6. The first kappa shape index (κ1) is 16.3. The maximum Gasteiger partial charge on any atom is 0.307 e. The van der Waals surface area contributed by atoms with Gasteiger partial charge in [0.25, 0.3) is 0 Å². The lowest BCUT2D eigenvalue weighted by Crippen LogP contribution is -2.55. The van der Waals surface area contributed by atoms with Gasteiger partial charge in [-0.15, -0.1) is 0 Å². The van der Waals surface area contributed by atoms with Gasteiger partial charge in [0, 0.05) is 11.8 Å². The molecule has 0 amide bonds. The standard InChI is InChI=1S/C20H28O4/c1-19-8-7-15-13(14(19)5-6-16(19)18(23)24)4-3-11-9-12(21)10-17(22)20(11,15)2/h9,13-17,22H,3-8,10H2,1-2H3,(H,23,24)/t13-,14-,15+,16?,17?,19-,20-/m0/s1. The molecule has 4 aliphatic carbocycles. The number of aliphatic hydroxyl groups is 1. The molecular formula is C20H28O4. The van der Waals surface area contributed by atoms with Gasteiger partial charge in [-0.05, 0) is 67.8 Å². The number of carbonyl (C=O) groups is 2. The lowest BCUT2D eigenvalue weighted by molar-refractivity contribution is -0.151. The van der Waals surface area contributed by atoms with Crippen molar-refractivity contribution in [3.05, 3.63) is 11.6 Å². The summed E-state index contributed by atoms with van der Waals surface area (Å²) in [5, 5.41) is 20.4. The number of hydrogen-bond donors (Lipinski definition) is 2. The minimum Gasteiger partial charge on any atom is -0.481 e. The van der Waals surface area contributed by atoms with Crippen molar-refractivity contribution in [2.75, 3.05) is 0 Å². The van der Waals surface area contributed by atoms with E-state index in [1.54, 1.807) is 6.08 Å². The Morgan fingerprint density at radius 3 is 2.62 bits per heavy atom. The summed E-state index contributed by atoms with van der Waals surface area (Å²) >= 11 is 0. The minimum absolute atomic E-state index is 0.0564. The number of ketones is 1. The topological polar surface area (TPSA) is 74.6 Å². The number of rotatable bonds is 1. The Kier molecular flexibility index (Phi) is 3.51. The molecule has 0 heterocycles. The molecule has 2 N–H and O–H groups in total. The predicted molar refractivity (Wildman–Crippen MR) is 89.2 cm³/mol. The summed E-state index contributed by atoms with van der Waals surface area (Å²) in [6, 6.07) is 0. The molecule has 4 nitrogen and oxygen atoms in total. The summed E-state index contributed by atoms with van der Waals surface area (Å²) in [5.74, 6) is 0.515. The number of aliphatic carboxylic acids is 1. The molecule has 7 atom stereocenters. The molecule has 132 valence electrons. The average Bonchev–Trinajstić information content (AvgIpc) is 2.86. The van der Waals surface area contributed by atoms with Crippen LogP contribution in [0.1, 0.15) is 58.8 Å². The van der Waals surface area contributed by atoms with Crippen LogP contribution in [0.3, 0.4) is 0 Å². The fourth-order valence-electron chi connectivity index (χ4n) is 7.01. The lowest BCUT2D eigenvalue weighted by Gasteiger charge is -2.59. The molecule has 0 aromatic heterocycles. The molecular weight excluding hydrogens is 304 g/mol. The van der Waals surface area contributed by atoms with Crippen LogP contribution in [0.25, 0.3) is 0 Å². The molecule has 0 spiro atoms. The largest absolute Gasteiger partial charge is 0.481 e. The molecule has 3 fully saturated rings. The summed E-state index contributed by atoms with van der Waals surface area (Å²) < 4.78 is 0. The minimum atomic E-state index is -0.635. The Balaban J connectivity index is 1.70. The smallest absolute Gasteiger partial charge is 0.307 e. The lowest BCUT2D eigenvalue weighted by atomic mass is 9.46. The van der Waals surface area contributed by atoms with E-state index < -0.39 is 12.1 Å². The third-order valence-electron chi connectivity index (χ3n) is 8.37. The van der Waals surface area contributed by atoms with Crippen molar-refractivity contribution in [1.82, 2.24) is 0 Å². The van der Waals surface area contributed by atoms with Crippen molar-refractivity contribution in [2.45, 2.75) is 64.9 Å².